The molecule has 0 saturated carbocycles. The molecule has 1 aromatic carbocycles. The summed E-state index contributed by atoms with van der Waals surface area (Å²) in [5.41, 5.74) is 6.72. The van der Waals surface area contributed by atoms with Gasteiger partial charge in [-0.15, -0.1) is 17.5 Å². The second-order valence-electron chi connectivity index (χ2n) is 5.13. The predicted octanol–water partition coefficient (Wildman–Crippen LogP) is 1.39. The van der Waals surface area contributed by atoms with E-state index < -0.39 is 0 Å². The molecular weight excluding hydrogens is 309 g/mol. The molecule has 22 heavy (non-hydrogen) atoms. The fourth-order valence-corrected chi connectivity index (χ4v) is 2.32. The van der Waals surface area contributed by atoms with E-state index in [4.69, 9.17) is 5.73 Å². The van der Waals surface area contributed by atoms with E-state index in [0.717, 1.165) is 12.8 Å². The van der Waals surface area contributed by atoms with Crippen LogP contribution in [0.1, 0.15) is 23.3 Å². The number of likely N-dealkylation sites (tertiary alicyclic amines) is 1. The Balaban J connectivity index is 0.00000176. The van der Waals surface area contributed by atoms with Crippen molar-refractivity contribution in [3.8, 4) is 5.69 Å². The van der Waals surface area contributed by atoms with Crippen LogP contribution in [0.15, 0.2) is 30.5 Å². The van der Waals surface area contributed by atoms with Crippen LogP contribution >= 0.6 is 12.4 Å². The van der Waals surface area contributed by atoms with Crippen LogP contribution in [0.5, 0.6) is 0 Å². The molecule has 6 nitrogen and oxygen atoms in total. The van der Waals surface area contributed by atoms with Gasteiger partial charge in [0.25, 0.3) is 5.91 Å². The minimum absolute atomic E-state index is 0. The first-order valence-corrected chi connectivity index (χ1v) is 6.86. The summed E-state index contributed by atoms with van der Waals surface area (Å²) in [5, 5.41) is 8.22. The number of amides is 1. The Bertz CT molecular complexity index is 637. The third-order valence-electron chi connectivity index (χ3n) is 3.60. The average Bonchev–Trinajstić information content (AvgIpc) is 2.98. The van der Waals surface area contributed by atoms with Gasteiger partial charge in [0.1, 0.15) is 5.82 Å². The Kier molecular flexibility index (Phi) is 5.10. The molecule has 118 valence electrons. The highest BCUT2D eigenvalue weighted by molar-refractivity contribution is 5.92. The maximum atomic E-state index is 12.9. The highest BCUT2D eigenvalue weighted by Gasteiger charge is 2.23. The van der Waals surface area contributed by atoms with Crippen molar-refractivity contribution >= 4 is 18.3 Å². The van der Waals surface area contributed by atoms with E-state index >= 15 is 0 Å². The first-order chi connectivity index (χ1) is 10.1. The van der Waals surface area contributed by atoms with Crippen molar-refractivity contribution < 1.29 is 9.18 Å². The number of aromatic nitrogens is 3. The largest absolute Gasteiger partial charge is 0.337 e. The Labute approximate surface area is 133 Å². The number of benzene rings is 1. The smallest absolute Gasteiger partial charge is 0.276 e. The number of carbonyl (C=O) groups excluding carboxylic acids is 1. The topological polar surface area (TPSA) is 77.0 Å². The van der Waals surface area contributed by atoms with Gasteiger partial charge in [-0.25, -0.2) is 4.39 Å². The Hall–Kier alpha value is -1.99. The normalized spacial score (nSPS) is 15.5. The molecule has 8 heteroatoms. The van der Waals surface area contributed by atoms with Crippen LogP contribution in [0.2, 0.25) is 0 Å². The molecule has 0 unspecified atom stereocenters. The van der Waals surface area contributed by atoms with Crippen LogP contribution in [-0.4, -0.2) is 44.9 Å². The molecule has 3 rings (SSSR count). The monoisotopic (exact) mass is 325 g/mol. The maximum absolute atomic E-state index is 12.9. The second-order valence-corrected chi connectivity index (χ2v) is 5.13. The van der Waals surface area contributed by atoms with Crippen molar-refractivity contribution in [3.05, 3.63) is 42.0 Å². The van der Waals surface area contributed by atoms with E-state index in [2.05, 4.69) is 10.2 Å². The quantitative estimate of drug-likeness (QED) is 0.905. The zero-order chi connectivity index (χ0) is 14.8. The molecule has 2 aromatic rings. The molecule has 1 aliphatic rings. The van der Waals surface area contributed by atoms with E-state index in [0.29, 0.717) is 18.8 Å². The highest BCUT2D eigenvalue weighted by Crippen LogP contribution is 2.12. The van der Waals surface area contributed by atoms with Crippen molar-refractivity contribution in [2.24, 2.45) is 5.73 Å². The number of nitrogens with zero attached hydrogens (tertiary/aromatic N) is 4. The molecule has 0 radical (unpaired) electrons. The second kappa shape index (κ2) is 6.85. The van der Waals surface area contributed by atoms with Crippen LogP contribution in [-0.2, 0) is 0 Å². The highest BCUT2D eigenvalue weighted by atomic mass is 35.5. The summed E-state index contributed by atoms with van der Waals surface area (Å²) in [5.74, 6) is -0.470. The number of rotatable bonds is 2. The van der Waals surface area contributed by atoms with E-state index in [1.165, 1.54) is 23.1 Å². The minimum Gasteiger partial charge on any atom is -0.337 e. The summed E-state index contributed by atoms with van der Waals surface area (Å²) in [6.45, 7) is 1.28. The Morgan fingerprint density at radius 2 is 1.86 bits per heavy atom. The molecule has 1 amide bonds. The van der Waals surface area contributed by atoms with Gasteiger partial charge in [-0.2, -0.15) is 9.90 Å². The molecule has 1 aromatic heterocycles. The third-order valence-corrected chi connectivity index (χ3v) is 3.60. The number of carbonyl (C=O) groups is 1. The molecule has 2 N–H and O–H groups in total. The van der Waals surface area contributed by atoms with Crippen molar-refractivity contribution in [2.75, 3.05) is 13.1 Å². The molecule has 0 aliphatic carbocycles. The fourth-order valence-electron chi connectivity index (χ4n) is 2.32. The third kappa shape index (κ3) is 3.42. The Morgan fingerprint density at radius 1 is 1.23 bits per heavy atom. The van der Waals surface area contributed by atoms with Crippen LogP contribution < -0.4 is 5.73 Å². The van der Waals surface area contributed by atoms with Gasteiger partial charge < -0.3 is 10.6 Å². The molecule has 0 spiro atoms. The Morgan fingerprint density at radius 3 is 2.50 bits per heavy atom. The van der Waals surface area contributed by atoms with Gasteiger partial charge in [-0.1, -0.05) is 0 Å². The molecule has 1 saturated heterocycles. The van der Waals surface area contributed by atoms with Gasteiger partial charge in [0.05, 0.1) is 11.9 Å². The van der Waals surface area contributed by atoms with Crippen molar-refractivity contribution in [3.63, 3.8) is 0 Å². The van der Waals surface area contributed by atoms with Crippen LogP contribution in [0.25, 0.3) is 5.69 Å². The van der Waals surface area contributed by atoms with Crippen molar-refractivity contribution in [1.82, 2.24) is 19.9 Å². The summed E-state index contributed by atoms with van der Waals surface area (Å²) < 4.78 is 12.9. The van der Waals surface area contributed by atoms with Crippen molar-refractivity contribution in [2.45, 2.75) is 18.9 Å². The van der Waals surface area contributed by atoms with Crippen molar-refractivity contribution in [1.29, 1.82) is 0 Å². The number of hydrogen-bond acceptors (Lipinski definition) is 4. The van der Waals surface area contributed by atoms with Gasteiger partial charge in [0.15, 0.2) is 5.69 Å². The van der Waals surface area contributed by atoms with E-state index in [-0.39, 0.29) is 35.9 Å². The number of piperidine rings is 1. The van der Waals surface area contributed by atoms with Gasteiger partial charge >= 0.3 is 0 Å². The minimum atomic E-state index is -0.327. The molecule has 0 atom stereocenters. The SMILES string of the molecule is Cl.NC1CCN(C(=O)c2cnn(-c3ccc(F)cc3)n2)CC1. The van der Waals surface area contributed by atoms with Gasteiger partial charge in [-0.05, 0) is 37.1 Å². The number of halogens is 2. The van der Waals surface area contributed by atoms with E-state index in [1.54, 1.807) is 17.0 Å². The summed E-state index contributed by atoms with van der Waals surface area (Å²) in [6.07, 6.45) is 3.04. The molecule has 1 fully saturated rings. The summed E-state index contributed by atoms with van der Waals surface area (Å²) in [6, 6.07) is 5.94. The molecule has 1 aliphatic heterocycles. The lowest BCUT2D eigenvalue weighted by Crippen LogP contribution is -2.43. The average molecular weight is 326 g/mol. The van der Waals surface area contributed by atoms with Gasteiger partial charge in [0, 0.05) is 19.1 Å². The standard InChI is InChI=1S/C14H16FN5O.ClH/c15-10-1-3-12(4-2-10)20-17-9-13(18-20)14(21)19-7-5-11(16)6-8-19;/h1-4,9,11H,5-8,16H2;1H. The van der Waals surface area contributed by atoms with Crippen LogP contribution in [0, 0.1) is 5.82 Å². The first kappa shape index (κ1) is 16.4. The van der Waals surface area contributed by atoms with E-state index in [1.807, 2.05) is 0 Å². The van der Waals surface area contributed by atoms with Gasteiger partial charge in [-0.3, -0.25) is 4.79 Å². The van der Waals surface area contributed by atoms with Crippen LogP contribution in [0.4, 0.5) is 4.39 Å². The number of nitrogens with two attached hydrogens (primary N) is 1. The first-order valence-electron chi connectivity index (χ1n) is 6.86. The molecule has 2 heterocycles. The zero-order valence-corrected chi connectivity index (χ0v) is 12.7. The maximum Gasteiger partial charge on any atom is 0.276 e. The zero-order valence-electron chi connectivity index (χ0n) is 11.9. The lowest BCUT2D eigenvalue weighted by molar-refractivity contribution is 0.0708. The summed E-state index contributed by atoms with van der Waals surface area (Å²) in [4.78, 5) is 15.4. The lowest BCUT2D eigenvalue weighted by Gasteiger charge is -2.29. The molecule has 0 bridgehead atoms. The van der Waals surface area contributed by atoms with E-state index in [9.17, 15) is 9.18 Å². The fraction of sp³-hybridized carbons (Fsp3) is 0.357. The summed E-state index contributed by atoms with van der Waals surface area (Å²) in [7, 11) is 0. The number of hydrogen-bond donors (Lipinski definition) is 1. The predicted molar refractivity (Wildman–Crippen MR) is 81.7 cm³/mol. The van der Waals surface area contributed by atoms with Gasteiger partial charge in [0.2, 0.25) is 0 Å². The lowest BCUT2D eigenvalue weighted by atomic mass is 10.1. The summed E-state index contributed by atoms with van der Waals surface area (Å²) >= 11 is 0. The molecular formula is C14H17ClFN5O. The van der Waals surface area contributed by atoms with Crippen LogP contribution in [0.3, 0.4) is 0 Å².